The maximum atomic E-state index is 14.9. The fourth-order valence-corrected chi connectivity index (χ4v) is 4.25. The Hall–Kier alpha value is -2.49. The lowest BCUT2D eigenvalue weighted by atomic mass is 9.66. The number of benzene rings is 2. The highest BCUT2D eigenvalue weighted by molar-refractivity contribution is 6.07. The highest BCUT2D eigenvalue weighted by Crippen LogP contribution is 2.45. The van der Waals surface area contributed by atoms with E-state index in [0.29, 0.717) is 5.92 Å². The Balaban J connectivity index is 1.79. The van der Waals surface area contributed by atoms with Crippen LogP contribution < -0.4 is 0 Å². The van der Waals surface area contributed by atoms with Gasteiger partial charge in [-0.15, -0.1) is 0 Å². The molecule has 2 aliphatic rings. The minimum absolute atomic E-state index is 0.166. The topological polar surface area (TPSA) is 30.2 Å². The van der Waals surface area contributed by atoms with Crippen molar-refractivity contribution in [1.82, 2.24) is 9.55 Å². The lowest BCUT2D eigenvalue weighted by Gasteiger charge is -2.44. The van der Waals surface area contributed by atoms with Crippen LogP contribution in [0.1, 0.15) is 63.1 Å². The number of nitrogens with zero attached hydrogens (tertiary/aromatic N) is 3. The molecule has 1 aliphatic carbocycles. The Labute approximate surface area is 159 Å². The molecule has 1 aliphatic heterocycles. The van der Waals surface area contributed by atoms with Crippen molar-refractivity contribution in [1.29, 1.82) is 0 Å². The molecule has 0 bridgehead atoms. The fourth-order valence-electron chi connectivity index (χ4n) is 4.25. The van der Waals surface area contributed by atoms with Crippen molar-refractivity contribution in [2.24, 2.45) is 4.99 Å². The monoisotopic (exact) mass is 361 g/mol. The molecule has 0 amide bonds. The normalized spacial score (nSPS) is 20.4. The van der Waals surface area contributed by atoms with Gasteiger partial charge in [-0.05, 0) is 50.3 Å². The van der Waals surface area contributed by atoms with Gasteiger partial charge in [-0.1, -0.05) is 38.1 Å². The average Bonchev–Trinajstić information content (AvgIpc) is 3.37. The summed E-state index contributed by atoms with van der Waals surface area (Å²) in [5.74, 6) is 1.25. The lowest BCUT2D eigenvalue weighted by Crippen LogP contribution is -2.47. The Morgan fingerprint density at radius 3 is 2.52 bits per heavy atom. The zero-order valence-electron chi connectivity index (χ0n) is 16.3. The van der Waals surface area contributed by atoms with E-state index in [1.54, 1.807) is 12.1 Å². The Bertz CT molecular complexity index is 1100. The summed E-state index contributed by atoms with van der Waals surface area (Å²) >= 11 is 0. The standard InChI is InChI=1S/C23H24FN3/c1-22(2)19-16(8-5-9-17(19)24)21(26-23(22,3)4)27-13-25-20-15(14-11-12-14)7-6-10-18(20)27/h5-10,13-14H,11-12H2,1-4H3. The first-order valence-corrected chi connectivity index (χ1v) is 9.67. The largest absolute Gasteiger partial charge is 0.283 e. The second-order valence-corrected chi connectivity index (χ2v) is 8.89. The molecule has 2 heterocycles. The SMILES string of the molecule is CC1(C)N=C(n2cnc3c(C4CC4)cccc32)c2cccc(F)c2C1(C)C. The van der Waals surface area contributed by atoms with E-state index >= 15 is 0 Å². The van der Waals surface area contributed by atoms with Gasteiger partial charge in [0.25, 0.3) is 0 Å². The molecule has 5 rings (SSSR count). The molecule has 27 heavy (non-hydrogen) atoms. The van der Waals surface area contributed by atoms with Gasteiger partial charge < -0.3 is 0 Å². The summed E-state index contributed by atoms with van der Waals surface area (Å²) in [5, 5.41) is 0. The molecule has 3 aromatic rings. The highest BCUT2D eigenvalue weighted by atomic mass is 19.1. The number of rotatable bonds is 1. The number of aliphatic imine (C=N–C) groups is 1. The quantitative estimate of drug-likeness (QED) is 0.569. The van der Waals surface area contributed by atoms with Crippen LogP contribution >= 0.6 is 0 Å². The van der Waals surface area contributed by atoms with Crippen molar-refractivity contribution in [3.8, 4) is 0 Å². The van der Waals surface area contributed by atoms with Gasteiger partial charge in [0, 0.05) is 16.5 Å². The van der Waals surface area contributed by atoms with Crippen LogP contribution in [-0.2, 0) is 5.41 Å². The minimum Gasteiger partial charge on any atom is -0.283 e. The second kappa shape index (κ2) is 5.28. The summed E-state index contributed by atoms with van der Waals surface area (Å²) in [6, 6.07) is 11.7. The first kappa shape index (κ1) is 16.7. The zero-order valence-corrected chi connectivity index (χ0v) is 16.3. The van der Waals surface area contributed by atoms with Crippen molar-refractivity contribution in [2.75, 3.05) is 0 Å². The number of para-hydroxylation sites is 1. The van der Waals surface area contributed by atoms with E-state index in [-0.39, 0.29) is 5.82 Å². The zero-order chi connectivity index (χ0) is 19.0. The van der Waals surface area contributed by atoms with E-state index in [9.17, 15) is 4.39 Å². The maximum Gasteiger partial charge on any atom is 0.141 e. The smallest absolute Gasteiger partial charge is 0.141 e. The van der Waals surface area contributed by atoms with E-state index in [0.717, 1.165) is 28.0 Å². The van der Waals surface area contributed by atoms with E-state index in [4.69, 9.17) is 9.98 Å². The summed E-state index contributed by atoms with van der Waals surface area (Å²) < 4.78 is 17.0. The number of aromatic nitrogens is 2. The number of hydrogen-bond acceptors (Lipinski definition) is 2. The molecule has 2 aromatic carbocycles. The van der Waals surface area contributed by atoms with Crippen molar-refractivity contribution in [2.45, 2.75) is 57.4 Å². The average molecular weight is 361 g/mol. The second-order valence-electron chi connectivity index (χ2n) is 8.89. The molecule has 0 radical (unpaired) electrons. The molecule has 1 aromatic heterocycles. The number of hydrogen-bond donors (Lipinski definition) is 0. The molecule has 0 saturated heterocycles. The van der Waals surface area contributed by atoms with Gasteiger partial charge in [0.2, 0.25) is 0 Å². The molecule has 4 heteroatoms. The Morgan fingerprint density at radius 1 is 1.04 bits per heavy atom. The molecule has 1 saturated carbocycles. The van der Waals surface area contributed by atoms with Crippen molar-refractivity contribution in [3.63, 3.8) is 0 Å². The van der Waals surface area contributed by atoms with Crippen molar-refractivity contribution >= 4 is 16.9 Å². The predicted molar refractivity (Wildman–Crippen MR) is 107 cm³/mol. The minimum atomic E-state index is -0.442. The van der Waals surface area contributed by atoms with Gasteiger partial charge in [-0.2, -0.15) is 0 Å². The maximum absolute atomic E-state index is 14.9. The Kier molecular flexibility index (Phi) is 3.26. The number of fused-ring (bicyclic) bond motifs is 2. The molecule has 3 nitrogen and oxygen atoms in total. The summed E-state index contributed by atoms with van der Waals surface area (Å²) in [6.45, 7) is 8.31. The molecular formula is C23H24FN3. The summed E-state index contributed by atoms with van der Waals surface area (Å²) in [5.41, 5.74) is 4.15. The van der Waals surface area contributed by atoms with E-state index in [1.807, 2.05) is 17.0 Å². The van der Waals surface area contributed by atoms with Crippen molar-refractivity contribution in [3.05, 3.63) is 65.2 Å². The third-order valence-corrected chi connectivity index (χ3v) is 6.65. The summed E-state index contributed by atoms with van der Waals surface area (Å²) in [7, 11) is 0. The van der Waals surface area contributed by atoms with Gasteiger partial charge >= 0.3 is 0 Å². The van der Waals surface area contributed by atoms with E-state index in [2.05, 4.69) is 45.9 Å². The van der Waals surface area contributed by atoms with Crippen LogP contribution in [0.4, 0.5) is 4.39 Å². The van der Waals surface area contributed by atoms with Gasteiger partial charge in [0.15, 0.2) is 0 Å². The number of imidazole rings is 1. The predicted octanol–water partition coefficient (Wildman–Crippen LogP) is 5.42. The number of halogens is 1. The molecule has 0 atom stereocenters. The first-order chi connectivity index (χ1) is 12.8. The third-order valence-electron chi connectivity index (χ3n) is 6.65. The highest BCUT2D eigenvalue weighted by Gasteiger charge is 2.46. The van der Waals surface area contributed by atoms with Crippen LogP contribution in [0.5, 0.6) is 0 Å². The Morgan fingerprint density at radius 2 is 1.78 bits per heavy atom. The van der Waals surface area contributed by atoms with Crippen LogP contribution in [0.15, 0.2) is 47.7 Å². The molecular weight excluding hydrogens is 337 g/mol. The fraction of sp³-hybridized carbons (Fsp3) is 0.391. The van der Waals surface area contributed by atoms with Crippen LogP contribution in [0.2, 0.25) is 0 Å². The van der Waals surface area contributed by atoms with Gasteiger partial charge in [0.05, 0.1) is 16.6 Å². The van der Waals surface area contributed by atoms with Crippen LogP contribution in [0.3, 0.4) is 0 Å². The molecule has 0 N–H and O–H groups in total. The first-order valence-electron chi connectivity index (χ1n) is 9.67. The molecule has 138 valence electrons. The molecule has 1 fully saturated rings. The molecule has 0 spiro atoms. The van der Waals surface area contributed by atoms with Crippen LogP contribution in [0, 0.1) is 5.82 Å². The van der Waals surface area contributed by atoms with Gasteiger partial charge in [-0.3, -0.25) is 9.56 Å². The van der Waals surface area contributed by atoms with E-state index < -0.39 is 11.0 Å². The van der Waals surface area contributed by atoms with Crippen LogP contribution in [-0.4, -0.2) is 20.9 Å². The van der Waals surface area contributed by atoms with Crippen LogP contribution in [0.25, 0.3) is 11.0 Å². The summed E-state index contributed by atoms with van der Waals surface area (Å²) in [4.78, 5) is 9.83. The van der Waals surface area contributed by atoms with Gasteiger partial charge in [-0.25, -0.2) is 9.37 Å². The third kappa shape index (κ3) is 2.25. The summed E-state index contributed by atoms with van der Waals surface area (Å²) in [6.07, 6.45) is 4.32. The molecule has 0 unspecified atom stereocenters. The van der Waals surface area contributed by atoms with Crippen molar-refractivity contribution < 1.29 is 4.39 Å². The lowest BCUT2D eigenvalue weighted by molar-refractivity contribution is 0.292. The van der Waals surface area contributed by atoms with E-state index in [1.165, 1.54) is 18.4 Å². The van der Waals surface area contributed by atoms with Gasteiger partial charge in [0.1, 0.15) is 18.0 Å².